The zero-order chi connectivity index (χ0) is 19.1. The molecule has 27 heavy (non-hydrogen) atoms. The Hall–Kier alpha value is -2.13. The third-order valence-corrected chi connectivity index (χ3v) is 6.70. The number of hydrogen-bond acceptors (Lipinski definition) is 5. The van der Waals surface area contributed by atoms with Gasteiger partial charge in [0.25, 0.3) is 0 Å². The lowest BCUT2D eigenvalue weighted by Crippen LogP contribution is -2.51. The highest BCUT2D eigenvalue weighted by atomic mass is 32.2. The fraction of sp³-hybridized carbons (Fsp3) is 0.556. The minimum Gasteiger partial charge on any atom is -0.355 e. The minimum absolute atomic E-state index is 0.0558. The summed E-state index contributed by atoms with van der Waals surface area (Å²) in [6, 6.07) is 6.11. The zero-order valence-electron chi connectivity index (χ0n) is 15.7. The average Bonchev–Trinajstić information content (AvgIpc) is 3.21. The quantitative estimate of drug-likeness (QED) is 0.414. The average molecular weight is 393 g/mol. The maximum atomic E-state index is 12.6. The van der Waals surface area contributed by atoms with Gasteiger partial charge in [0.2, 0.25) is 10.0 Å². The molecule has 0 bridgehead atoms. The molecule has 1 saturated heterocycles. The predicted octanol–water partition coefficient (Wildman–Crippen LogP) is 0.417. The van der Waals surface area contributed by atoms with Crippen LogP contribution in [0.25, 0.3) is 0 Å². The van der Waals surface area contributed by atoms with Crippen molar-refractivity contribution < 1.29 is 8.42 Å². The van der Waals surface area contributed by atoms with Crippen LogP contribution in [0.1, 0.15) is 12.8 Å². The van der Waals surface area contributed by atoms with E-state index in [0.717, 1.165) is 18.7 Å². The minimum atomic E-state index is -3.29. The number of anilines is 1. The standard InChI is InChI=1S/C18H28N6O2S/c1-19-18(22-16-6-2-3-7-16)21-10-15-27(25,26)24-13-11-23(12-14-24)17-8-4-5-9-20-17/h2-5,8-9,16H,6-7,10-15H2,1H3,(H2,19,21,22). The van der Waals surface area contributed by atoms with Gasteiger partial charge < -0.3 is 15.5 Å². The summed E-state index contributed by atoms with van der Waals surface area (Å²) >= 11 is 0. The summed E-state index contributed by atoms with van der Waals surface area (Å²) in [4.78, 5) is 10.6. The van der Waals surface area contributed by atoms with Gasteiger partial charge in [-0.05, 0) is 25.0 Å². The van der Waals surface area contributed by atoms with Gasteiger partial charge in [-0.3, -0.25) is 4.99 Å². The highest BCUT2D eigenvalue weighted by molar-refractivity contribution is 7.89. The second-order valence-electron chi connectivity index (χ2n) is 6.67. The number of nitrogens with zero attached hydrogens (tertiary/aromatic N) is 4. The largest absolute Gasteiger partial charge is 0.355 e. The third kappa shape index (κ3) is 5.43. The van der Waals surface area contributed by atoms with Gasteiger partial charge in [-0.1, -0.05) is 18.2 Å². The summed E-state index contributed by atoms with van der Waals surface area (Å²) in [7, 11) is -1.59. The number of piperazine rings is 1. The van der Waals surface area contributed by atoms with Crippen molar-refractivity contribution >= 4 is 21.8 Å². The lowest BCUT2D eigenvalue weighted by atomic mass is 10.2. The van der Waals surface area contributed by atoms with Crippen LogP contribution < -0.4 is 15.5 Å². The van der Waals surface area contributed by atoms with Crippen LogP contribution in [-0.2, 0) is 10.0 Å². The molecule has 2 N–H and O–H groups in total. The van der Waals surface area contributed by atoms with Crippen molar-refractivity contribution in [2.45, 2.75) is 18.9 Å². The van der Waals surface area contributed by atoms with Gasteiger partial charge >= 0.3 is 0 Å². The molecule has 9 heteroatoms. The lowest BCUT2D eigenvalue weighted by molar-refractivity contribution is 0.384. The normalized spacial score (nSPS) is 19.4. The van der Waals surface area contributed by atoms with E-state index in [4.69, 9.17) is 0 Å². The van der Waals surface area contributed by atoms with Crippen LogP contribution in [0.5, 0.6) is 0 Å². The van der Waals surface area contributed by atoms with E-state index < -0.39 is 10.0 Å². The van der Waals surface area contributed by atoms with E-state index in [2.05, 4.69) is 37.7 Å². The molecule has 0 saturated carbocycles. The molecule has 1 aliphatic heterocycles. The number of sulfonamides is 1. The Morgan fingerprint density at radius 2 is 1.96 bits per heavy atom. The first-order chi connectivity index (χ1) is 13.1. The van der Waals surface area contributed by atoms with Crippen molar-refractivity contribution in [3.63, 3.8) is 0 Å². The van der Waals surface area contributed by atoms with Crippen LogP contribution in [0, 0.1) is 0 Å². The fourth-order valence-corrected chi connectivity index (χ4v) is 4.62. The van der Waals surface area contributed by atoms with E-state index in [9.17, 15) is 8.42 Å². The highest BCUT2D eigenvalue weighted by Crippen LogP contribution is 2.14. The highest BCUT2D eigenvalue weighted by Gasteiger charge is 2.27. The molecule has 0 unspecified atom stereocenters. The molecule has 0 amide bonds. The van der Waals surface area contributed by atoms with Crippen LogP contribution in [0.4, 0.5) is 5.82 Å². The van der Waals surface area contributed by atoms with Crippen molar-refractivity contribution in [1.82, 2.24) is 19.9 Å². The monoisotopic (exact) mass is 392 g/mol. The number of pyridine rings is 1. The molecule has 2 aliphatic rings. The lowest BCUT2D eigenvalue weighted by Gasteiger charge is -2.34. The van der Waals surface area contributed by atoms with Gasteiger partial charge in [0, 0.05) is 52.0 Å². The summed E-state index contributed by atoms with van der Waals surface area (Å²) < 4.78 is 26.8. The van der Waals surface area contributed by atoms with Gasteiger partial charge in [-0.25, -0.2) is 13.4 Å². The molecular weight excluding hydrogens is 364 g/mol. The molecule has 8 nitrogen and oxygen atoms in total. The molecule has 0 radical (unpaired) electrons. The van der Waals surface area contributed by atoms with E-state index in [1.54, 1.807) is 17.5 Å². The van der Waals surface area contributed by atoms with Crippen LogP contribution in [0.2, 0.25) is 0 Å². The van der Waals surface area contributed by atoms with Crippen LogP contribution in [0.3, 0.4) is 0 Å². The fourth-order valence-electron chi connectivity index (χ4n) is 3.29. The Kier molecular flexibility index (Phi) is 6.68. The molecule has 0 aromatic carbocycles. The van der Waals surface area contributed by atoms with Crippen LogP contribution in [-0.4, -0.2) is 75.2 Å². The summed E-state index contributed by atoms with van der Waals surface area (Å²) in [5.74, 6) is 1.60. The van der Waals surface area contributed by atoms with Crippen molar-refractivity contribution in [2.75, 3.05) is 50.4 Å². The van der Waals surface area contributed by atoms with Crippen molar-refractivity contribution in [2.24, 2.45) is 4.99 Å². The maximum Gasteiger partial charge on any atom is 0.215 e. The molecule has 1 aliphatic carbocycles. The van der Waals surface area contributed by atoms with E-state index in [1.165, 1.54) is 0 Å². The first-order valence-corrected chi connectivity index (χ1v) is 11.0. The number of hydrogen-bond donors (Lipinski definition) is 2. The first-order valence-electron chi connectivity index (χ1n) is 9.34. The van der Waals surface area contributed by atoms with E-state index in [0.29, 0.717) is 44.7 Å². The smallest absolute Gasteiger partial charge is 0.215 e. The molecule has 1 fully saturated rings. The number of rotatable bonds is 6. The molecule has 3 rings (SSSR count). The summed E-state index contributed by atoms with van der Waals surface area (Å²) in [6.07, 6.45) is 7.98. The van der Waals surface area contributed by atoms with Crippen molar-refractivity contribution in [1.29, 1.82) is 0 Å². The van der Waals surface area contributed by atoms with Gasteiger partial charge in [-0.2, -0.15) is 4.31 Å². The van der Waals surface area contributed by atoms with E-state index >= 15 is 0 Å². The third-order valence-electron chi connectivity index (χ3n) is 4.83. The number of nitrogens with one attached hydrogen (secondary N) is 2. The molecule has 1 aromatic rings. The van der Waals surface area contributed by atoms with Crippen LogP contribution >= 0.6 is 0 Å². The molecule has 0 spiro atoms. The Bertz CT molecular complexity index is 749. The van der Waals surface area contributed by atoms with Crippen molar-refractivity contribution in [3.8, 4) is 0 Å². The van der Waals surface area contributed by atoms with Gasteiger partial charge in [0.15, 0.2) is 5.96 Å². The van der Waals surface area contributed by atoms with Gasteiger partial charge in [0.1, 0.15) is 5.82 Å². The van der Waals surface area contributed by atoms with Crippen molar-refractivity contribution in [3.05, 3.63) is 36.5 Å². The summed E-state index contributed by atoms with van der Waals surface area (Å²) in [5, 5.41) is 6.42. The second kappa shape index (κ2) is 9.18. The Labute approximate surface area is 161 Å². The maximum absolute atomic E-state index is 12.6. The first kappa shape index (κ1) is 19.6. The zero-order valence-corrected chi connectivity index (χ0v) is 16.5. The number of aromatic nitrogens is 1. The predicted molar refractivity (Wildman–Crippen MR) is 108 cm³/mol. The van der Waals surface area contributed by atoms with Crippen LogP contribution in [0.15, 0.2) is 41.5 Å². The molecule has 0 atom stereocenters. The summed E-state index contributed by atoms with van der Waals surface area (Å²) in [6.45, 7) is 2.62. The SMILES string of the molecule is CN=C(NCCS(=O)(=O)N1CCN(c2ccccn2)CC1)NC1CC=CC1. The Morgan fingerprint density at radius 1 is 1.22 bits per heavy atom. The second-order valence-corrected chi connectivity index (χ2v) is 8.76. The summed E-state index contributed by atoms with van der Waals surface area (Å²) in [5.41, 5.74) is 0. The molecular formula is C18H28N6O2S. The molecule has 2 heterocycles. The molecule has 1 aromatic heterocycles. The van der Waals surface area contributed by atoms with E-state index in [-0.39, 0.29) is 5.75 Å². The van der Waals surface area contributed by atoms with E-state index in [1.807, 2.05) is 18.2 Å². The van der Waals surface area contributed by atoms with Gasteiger partial charge in [0.05, 0.1) is 5.75 Å². The number of guanidine groups is 1. The van der Waals surface area contributed by atoms with Gasteiger partial charge in [-0.15, -0.1) is 0 Å². The number of aliphatic imine (C=N–C) groups is 1. The topological polar surface area (TPSA) is 89.9 Å². The Balaban J connectivity index is 1.43. The molecule has 148 valence electrons. The Morgan fingerprint density at radius 3 is 2.59 bits per heavy atom.